The van der Waals surface area contributed by atoms with Crippen LogP contribution in [-0.2, 0) is 19.4 Å². The van der Waals surface area contributed by atoms with E-state index in [2.05, 4.69) is 5.32 Å². The summed E-state index contributed by atoms with van der Waals surface area (Å²) in [5.41, 5.74) is 0. The van der Waals surface area contributed by atoms with Gasteiger partial charge in [0.1, 0.15) is 6.04 Å². The highest BCUT2D eigenvalue weighted by Crippen LogP contribution is 2.20. The molecule has 2 fully saturated rings. The van der Waals surface area contributed by atoms with Crippen LogP contribution in [0.5, 0.6) is 0 Å². The van der Waals surface area contributed by atoms with Crippen LogP contribution < -0.4 is 5.32 Å². The van der Waals surface area contributed by atoms with E-state index in [4.69, 9.17) is 0 Å². The zero-order valence-electron chi connectivity index (χ0n) is 9.68. The lowest BCUT2D eigenvalue weighted by molar-refractivity contribution is -0.144. The second-order valence-corrected chi connectivity index (χ2v) is 7.01. The van der Waals surface area contributed by atoms with Crippen LogP contribution in [0.2, 0.25) is 0 Å². The highest BCUT2D eigenvalue weighted by molar-refractivity contribution is 7.91. The minimum atomic E-state index is -2.93. The molecule has 0 spiro atoms. The van der Waals surface area contributed by atoms with Crippen molar-refractivity contribution < 1.29 is 18.0 Å². The third-order valence-electron chi connectivity index (χ3n) is 3.20. The average molecular weight is 260 g/mol. The van der Waals surface area contributed by atoms with Gasteiger partial charge in [-0.3, -0.25) is 9.59 Å². The van der Waals surface area contributed by atoms with E-state index < -0.39 is 15.9 Å². The molecule has 0 aromatic carbocycles. The lowest BCUT2D eigenvalue weighted by Crippen LogP contribution is -2.57. The van der Waals surface area contributed by atoms with Gasteiger partial charge in [-0.15, -0.1) is 0 Å². The predicted octanol–water partition coefficient (Wildman–Crippen LogP) is -1.23. The Balaban J connectivity index is 1.99. The molecule has 0 aliphatic carbocycles. The Kier molecular flexibility index (Phi) is 3.11. The SMILES string of the molecule is CC1NC(=O)CN(CC2CCS(=O)(=O)C2)C1=O. The fourth-order valence-electron chi connectivity index (χ4n) is 2.36. The third kappa shape index (κ3) is 2.77. The molecule has 0 saturated carbocycles. The number of hydrogen-bond acceptors (Lipinski definition) is 4. The van der Waals surface area contributed by atoms with Gasteiger partial charge < -0.3 is 10.2 Å². The molecule has 6 nitrogen and oxygen atoms in total. The number of amides is 2. The predicted molar refractivity (Wildman–Crippen MR) is 60.9 cm³/mol. The molecule has 2 amide bonds. The highest BCUT2D eigenvalue weighted by atomic mass is 32.2. The zero-order valence-corrected chi connectivity index (χ0v) is 10.5. The van der Waals surface area contributed by atoms with Gasteiger partial charge in [0.2, 0.25) is 11.8 Å². The summed E-state index contributed by atoms with van der Waals surface area (Å²) < 4.78 is 22.6. The molecule has 1 N–H and O–H groups in total. The molecule has 2 aliphatic heterocycles. The van der Waals surface area contributed by atoms with Gasteiger partial charge >= 0.3 is 0 Å². The molecule has 2 aliphatic rings. The standard InChI is InChI=1S/C10H16N2O4S/c1-7-10(14)12(5-9(13)11-7)4-8-2-3-17(15,16)6-8/h7-8H,2-6H2,1H3,(H,11,13). The zero-order chi connectivity index (χ0) is 12.6. The summed E-state index contributed by atoms with van der Waals surface area (Å²) in [6.45, 7) is 2.05. The van der Waals surface area contributed by atoms with E-state index in [1.807, 2.05) is 0 Å². The second-order valence-electron chi connectivity index (χ2n) is 4.78. The number of nitrogens with zero attached hydrogens (tertiary/aromatic N) is 1. The second kappa shape index (κ2) is 4.29. The number of sulfone groups is 1. The van der Waals surface area contributed by atoms with Crippen molar-refractivity contribution in [3.05, 3.63) is 0 Å². The lowest BCUT2D eigenvalue weighted by Gasteiger charge is -2.32. The molecule has 17 heavy (non-hydrogen) atoms. The van der Waals surface area contributed by atoms with Gasteiger partial charge in [0.25, 0.3) is 0 Å². The normalized spacial score (nSPS) is 32.6. The van der Waals surface area contributed by atoms with Gasteiger partial charge in [-0.25, -0.2) is 8.42 Å². The van der Waals surface area contributed by atoms with Crippen molar-refractivity contribution >= 4 is 21.7 Å². The lowest BCUT2D eigenvalue weighted by atomic mass is 10.1. The first-order valence-corrected chi connectivity index (χ1v) is 7.48. The Morgan fingerprint density at radius 1 is 1.41 bits per heavy atom. The summed E-state index contributed by atoms with van der Waals surface area (Å²) in [5.74, 6) is -0.0114. The van der Waals surface area contributed by atoms with Gasteiger partial charge in [-0.05, 0) is 19.3 Å². The van der Waals surface area contributed by atoms with Crippen LogP contribution in [0.1, 0.15) is 13.3 Å². The molecule has 96 valence electrons. The van der Waals surface area contributed by atoms with E-state index in [-0.39, 0.29) is 35.8 Å². The smallest absolute Gasteiger partial charge is 0.245 e. The van der Waals surface area contributed by atoms with E-state index in [0.717, 1.165) is 0 Å². The minimum absolute atomic E-state index is 0.0259. The van der Waals surface area contributed by atoms with E-state index in [0.29, 0.717) is 13.0 Å². The molecule has 2 rings (SSSR count). The van der Waals surface area contributed by atoms with Gasteiger partial charge in [-0.1, -0.05) is 0 Å². The summed E-state index contributed by atoms with van der Waals surface area (Å²) in [5, 5.41) is 2.55. The van der Waals surface area contributed by atoms with Crippen molar-refractivity contribution in [2.75, 3.05) is 24.6 Å². The molecule has 2 unspecified atom stereocenters. The van der Waals surface area contributed by atoms with Crippen molar-refractivity contribution in [2.24, 2.45) is 5.92 Å². The maximum atomic E-state index is 11.8. The average Bonchev–Trinajstić information content (AvgIpc) is 2.54. The largest absolute Gasteiger partial charge is 0.343 e. The van der Waals surface area contributed by atoms with Gasteiger partial charge in [0.15, 0.2) is 9.84 Å². The Bertz CT molecular complexity index is 445. The van der Waals surface area contributed by atoms with Crippen LogP contribution >= 0.6 is 0 Å². The quantitative estimate of drug-likeness (QED) is 0.673. The number of hydrogen-bond donors (Lipinski definition) is 1. The Morgan fingerprint density at radius 2 is 2.12 bits per heavy atom. The van der Waals surface area contributed by atoms with E-state index in [1.165, 1.54) is 4.90 Å². The van der Waals surface area contributed by atoms with Crippen LogP contribution in [0, 0.1) is 5.92 Å². The van der Waals surface area contributed by atoms with Crippen LogP contribution in [0.4, 0.5) is 0 Å². The van der Waals surface area contributed by atoms with Crippen LogP contribution in [0.3, 0.4) is 0 Å². The van der Waals surface area contributed by atoms with Crippen LogP contribution in [0.25, 0.3) is 0 Å². The van der Waals surface area contributed by atoms with Crippen molar-refractivity contribution in [1.29, 1.82) is 0 Å². The minimum Gasteiger partial charge on any atom is -0.343 e. The fourth-order valence-corrected chi connectivity index (χ4v) is 4.21. The van der Waals surface area contributed by atoms with Gasteiger partial charge in [-0.2, -0.15) is 0 Å². The molecule has 0 aromatic rings. The molecule has 2 saturated heterocycles. The van der Waals surface area contributed by atoms with Gasteiger partial charge in [0, 0.05) is 6.54 Å². The van der Waals surface area contributed by atoms with E-state index >= 15 is 0 Å². The molecule has 0 aromatic heterocycles. The Hall–Kier alpha value is -1.11. The Morgan fingerprint density at radius 3 is 2.71 bits per heavy atom. The monoisotopic (exact) mass is 260 g/mol. The first-order valence-electron chi connectivity index (χ1n) is 5.66. The summed E-state index contributed by atoms with van der Waals surface area (Å²) in [6, 6.07) is -0.505. The number of nitrogens with one attached hydrogen (secondary N) is 1. The molecule has 0 radical (unpaired) electrons. The molecular formula is C10H16N2O4S. The van der Waals surface area contributed by atoms with Crippen molar-refractivity contribution in [2.45, 2.75) is 19.4 Å². The number of rotatable bonds is 2. The summed E-state index contributed by atoms with van der Waals surface area (Å²) >= 11 is 0. The first-order chi connectivity index (χ1) is 7.87. The van der Waals surface area contributed by atoms with Crippen LogP contribution in [0.15, 0.2) is 0 Å². The third-order valence-corrected chi connectivity index (χ3v) is 5.04. The number of carbonyl (C=O) groups excluding carboxylic acids is 2. The Labute approximate surface area is 100 Å². The van der Waals surface area contributed by atoms with E-state index in [9.17, 15) is 18.0 Å². The molecule has 7 heteroatoms. The van der Waals surface area contributed by atoms with E-state index in [1.54, 1.807) is 6.92 Å². The molecule has 2 atom stereocenters. The topological polar surface area (TPSA) is 83.6 Å². The van der Waals surface area contributed by atoms with Crippen molar-refractivity contribution in [3.8, 4) is 0 Å². The summed E-state index contributed by atoms with van der Waals surface area (Å²) in [6.07, 6.45) is 0.585. The summed E-state index contributed by atoms with van der Waals surface area (Å²) in [7, 11) is -2.93. The summed E-state index contributed by atoms with van der Waals surface area (Å²) in [4.78, 5) is 24.6. The van der Waals surface area contributed by atoms with Crippen LogP contribution in [-0.4, -0.2) is 55.8 Å². The van der Waals surface area contributed by atoms with Crippen molar-refractivity contribution in [1.82, 2.24) is 10.2 Å². The maximum Gasteiger partial charge on any atom is 0.245 e. The fraction of sp³-hybridized carbons (Fsp3) is 0.800. The maximum absolute atomic E-state index is 11.8. The molecular weight excluding hydrogens is 244 g/mol. The highest BCUT2D eigenvalue weighted by Gasteiger charge is 2.34. The molecule has 2 heterocycles. The number of piperazine rings is 1. The van der Waals surface area contributed by atoms with Crippen molar-refractivity contribution in [3.63, 3.8) is 0 Å². The molecule has 0 bridgehead atoms. The number of carbonyl (C=O) groups is 2. The first kappa shape index (κ1) is 12.3. The van der Waals surface area contributed by atoms with Gasteiger partial charge in [0.05, 0.1) is 18.1 Å².